The molecule has 1 aromatic heterocycles. The Bertz CT molecular complexity index is 320. The van der Waals surface area contributed by atoms with E-state index in [9.17, 15) is 5.11 Å². The van der Waals surface area contributed by atoms with Crippen molar-refractivity contribution in [1.29, 1.82) is 0 Å². The lowest BCUT2D eigenvalue weighted by molar-refractivity contribution is 0.382. The highest BCUT2D eigenvalue weighted by atomic mass is 35.5. The minimum Gasteiger partial charge on any atom is -0.506 e. The normalized spacial score (nSPS) is 8.81. The Morgan fingerprint density at radius 1 is 1.25 bits per heavy atom. The van der Waals surface area contributed by atoms with Gasteiger partial charge in [0.05, 0.1) is 5.69 Å². The van der Waals surface area contributed by atoms with E-state index in [1.807, 2.05) is 32.8 Å². The van der Waals surface area contributed by atoms with Crippen molar-refractivity contribution in [2.75, 3.05) is 14.1 Å². The molecule has 16 heavy (non-hydrogen) atoms. The summed E-state index contributed by atoms with van der Waals surface area (Å²) >= 11 is 0. The highest BCUT2D eigenvalue weighted by molar-refractivity contribution is 5.85. The molecule has 1 heterocycles. The largest absolute Gasteiger partial charge is 0.506 e. The number of aryl methyl sites for hydroxylation is 2. The fourth-order valence-electron chi connectivity index (χ4n) is 1.25. The Morgan fingerprint density at radius 2 is 1.75 bits per heavy atom. The Labute approximate surface area is 109 Å². The van der Waals surface area contributed by atoms with Crippen molar-refractivity contribution in [1.82, 2.24) is 9.88 Å². The molecule has 3 N–H and O–H groups in total. The molecular weight excluding hydrogens is 251 g/mol. The second kappa shape index (κ2) is 8.58. The molecule has 0 aliphatic carbocycles. The molecule has 0 aliphatic heterocycles. The van der Waals surface area contributed by atoms with E-state index in [0.29, 0.717) is 11.4 Å². The van der Waals surface area contributed by atoms with Crippen LogP contribution in [0, 0.1) is 13.8 Å². The van der Waals surface area contributed by atoms with Gasteiger partial charge in [0, 0.05) is 18.3 Å². The summed E-state index contributed by atoms with van der Waals surface area (Å²) in [5.74, 6) is 0.328. The molecule has 6 heteroatoms. The van der Waals surface area contributed by atoms with Gasteiger partial charge in [-0.25, -0.2) is 0 Å². The van der Waals surface area contributed by atoms with Crippen LogP contribution in [0.25, 0.3) is 0 Å². The second-order valence-corrected chi connectivity index (χ2v) is 3.59. The Balaban J connectivity index is -0.000000563. The van der Waals surface area contributed by atoms with Crippen molar-refractivity contribution in [2.24, 2.45) is 0 Å². The third kappa shape index (κ3) is 4.99. The molecule has 0 bridgehead atoms. The fourth-order valence-corrected chi connectivity index (χ4v) is 1.25. The number of pyridine rings is 1. The van der Waals surface area contributed by atoms with Crippen molar-refractivity contribution in [3.63, 3.8) is 0 Å². The van der Waals surface area contributed by atoms with Crippen LogP contribution >= 0.6 is 24.8 Å². The topological polar surface area (TPSA) is 67.9 Å². The number of halogens is 2. The van der Waals surface area contributed by atoms with Gasteiger partial charge >= 0.3 is 0 Å². The lowest BCUT2D eigenvalue weighted by Gasteiger charge is -2.14. The summed E-state index contributed by atoms with van der Waals surface area (Å²) in [7, 11) is 3.96. The van der Waals surface area contributed by atoms with E-state index in [1.165, 1.54) is 0 Å². The molecule has 96 valence electrons. The van der Waals surface area contributed by atoms with E-state index in [2.05, 4.69) is 4.98 Å². The maximum atomic E-state index is 9.74. The number of aromatic nitrogens is 1. The average Bonchev–Trinajstić information content (AvgIpc) is 2.05. The first-order valence-corrected chi connectivity index (χ1v) is 4.31. The lowest BCUT2D eigenvalue weighted by atomic mass is 10.1. The summed E-state index contributed by atoms with van der Waals surface area (Å²) in [6.07, 6.45) is 1.80. The van der Waals surface area contributed by atoms with Crippen LogP contribution in [0.4, 0.5) is 0 Å². The molecule has 1 aromatic rings. The number of aromatic hydroxyl groups is 1. The van der Waals surface area contributed by atoms with Crippen LogP contribution in [-0.2, 0) is 6.54 Å². The number of hydrogen-bond donors (Lipinski definition) is 1. The monoisotopic (exact) mass is 270 g/mol. The highest BCUT2D eigenvalue weighted by Gasteiger charge is 2.08. The molecule has 0 saturated heterocycles. The van der Waals surface area contributed by atoms with Crippen molar-refractivity contribution >= 4 is 24.8 Å². The molecular formula is C10H20Cl2N2O2. The third-order valence-corrected chi connectivity index (χ3v) is 2.03. The van der Waals surface area contributed by atoms with Gasteiger partial charge in [0.15, 0.2) is 0 Å². The Hall–Kier alpha value is -0.550. The van der Waals surface area contributed by atoms with Gasteiger partial charge < -0.3 is 15.5 Å². The molecule has 0 unspecified atom stereocenters. The van der Waals surface area contributed by atoms with Crippen molar-refractivity contribution in [2.45, 2.75) is 20.4 Å². The van der Waals surface area contributed by atoms with Crippen molar-refractivity contribution in [3.05, 3.63) is 23.0 Å². The van der Waals surface area contributed by atoms with Crippen LogP contribution in [0.1, 0.15) is 16.8 Å². The minimum absolute atomic E-state index is 0. The molecule has 0 fully saturated rings. The zero-order valence-electron chi connectivity index (χ0n) is 9.94. The standard InChI is InChI=1S/C10H16N2O.2ClH.H2O/c1-7-5-11-8(2)10(13)9(7)6-12(3)4;;;/h5,13H,6H2,1-4H3;2*1H;1H2. The number of rotatable bonds is 2. The number of nitrogens with zero attached hydrogens (tertiary/aromatic N) is 2. The van der Waals surface area contributed by atoms with Gasteiger partial charge in [0.2, 0.25) is 0 Å². The van der Waals surface area contributed by atoms with Crippen molar-refractivity contribution < 1.29 is 10.6 Å². The zero-order chi connectivity index (χ0) is 10.0. The first-order chi connectivity index (χ1) is 6.02. The second-order valence-electron chi connectivity index (χ2n) is 3.59. The van der Waals surface area contributed by atoms with Crippen molar-refractivity contribution in [3.8, 4) is 5.75 Å². The molecule has 0 spiro atoms. The van der Waals surface area contributed by atoms with E-state index in [1.54, 1.807) is 6.20 Å². The zero-order valence-corrected chi connectivity index (χ0v) is 11.6. The van der Waals surface area contributed by atoms with Crippen LogP contribution < -0.4 is 0 Å². The van der Waals surface area contributed by atoms with Gasteiger partial charge in [0.25, 0.3) is 0 Å². The van der Waals surface area contributed by atoms with Gasteiger partial charge in [-0.2, -0.15) is 0 Å². The van der Waals surface area contributed by atoms with E-state index >= 15 is 0 Å². The van der Waals surface area contributed by atoms with Gasteiger partial charge in [-0.1, -0.05) is 0 Å². The van der Waals surface area contributed by atoms with E-state index < -0.39 is 0 Å². The van der Waals surface area contributed by atoms with Crippen LogP contribution in [0.3, 0.4) is 0 Å². The molecule has 0 radical (unpaired) electrons. The molecule has 0 aromatic carbocycles. The Kier molecular flexibility index (Phi) is 11.2. The van der Waals surface area contributed by atoms with E-state index in [4.69, 9.17) is 0 Å². The highest BCUT2D eigenvalue weighted by Crippen LogP contribution is 2.23. The van der Waals surface area contributed by atoms with Crippen LogP contribution in [-0.4, -0.2) is 34.6 Å². The fraction of sp³-hybridized carbons (Fsp3) is 0.500. The molecule has 0 amide bonds. The van der Waals surface area contributed by atoms with Gasteiger partial charge in [-0.3, -0.25) is 4.98 Å². The predicted molar refractivity (Wildman–Crippen MR) is 70.9 cm³/mol. The van der Waals surface area contributed by atoms with Gasteiger partial charge in [0.1, 0.15) is 5.75 Å². The van der Waals surface area contributed by atoms with Crippen LogP contribution in [0.15, 0.2) is 6.20 Å². The molecule has 1 rings (SSSR count). The first kappa shape index (κ1) is 20.8. The summed E-state index contributed by atoms with van der Waals surface area (Å²) < 4.78 is 0. The smallest absolute Gasteiger partial charge is 0.141 e. The number of hydrogen-bond acceptors (Lipinski definition) is 3. The van der Waals surface area contributed by atoms with Gasteiger partial charge in [-0.15, -0.1) is 24.8 Å². The quantitative estimate of drug-likeness (QED) is 0.886. The van der Waals surface area contributed by atoms with Crippen LogP contribution in [0.5, 0.6) is 5.75 Å². The summed E-state index contributed by atoms with van der Waals surface area (Å²) in [5, 5.41) is 9.74. The van der Waals surface area contributed by atoms with E-state index in [0.717, 1.165) is 17.7 Å². The molecule has 0 saturated carbocycles. The molecule has 0 aliphatic rings. The summed E-state index contributed by atoms with van der Waals surface area (Å²) in [4.78, 5) is 6.11. The summed E-state index contributed by atoms with van der Waals surface area (Å²) in [6.45, 7) is 4.53. The SMILES string of the molecule is Cc1cnc(C)c(O)c1CN(C)C.Cl.Cl.O. The average molecular weight is 271 g/mol. The van der Waals surface area contributed by atoms with Crippen LogP contribution in [0.2, 0.25) is 0 Å². The minimum atomic E-state index is 0. The Morgan fingerprint density at radius 3 is 2.19 bits per heavy atom. The third-order valence-electron chi connectivity index (χ3n) is 2.03. The first-order valence-electron chi connectivity index (χ1n) is 4.31. The maximum Gasteiger partial charge on any atom is 0.141 e. The summed E-state index contributed by atoms with van der Waals surface area (Å²) in [6, 6.07) is 0. The van der Waals surface area contributed by atoms with E-state index in [-0.39, 0.29) is 30.3 Å². The molecule has 4 nitrogen and oxygen atoms in total. The maximum absolute atomic E-state index is 9.74. The van der Waals surface area contributed by atoms with Gasteiger partial charge in [-0.05, 0) is 33.5 Å². The summed E-state index contributed by atoms with van der Waals surface area (Å²) in [5.41, 5.74) is 2.71. The lowest BCUT2D eigenvalue weighted by Crippen LogP contribution is -2.12. The molecule has 0 atom stereocenters. The predicted octanol–water partition coefficient (Wildman–Crippen LogP) is 1.48.